The van der Waals surface area contributed by atoms with Gasteiger partial charge in [0.25, 0.3) is 0 Å². The van der Waals surface area contributed by atoms with Crippen LogP contribution in [0.25, 0.3) is 16.7 Å². The normalized spacial score (nSPS) is 11.2. The summed E-state index contributed by atoms with van der Waals surface area (Å²) < 4.78 is 16.6. The number of hydrogen-bond donors (Lipinski definition) is 0. The molecule has 0 radical (unpaired) electrons. The zero-order valence-corrected chi connectivity index (χ0v) is 13.7. The molecule has 102 valence electrons. The highest BCUT2D eigenvalue weighted by molar-refractivity contribution is 14.1. The van der Waals surface area contributed by atoms with E-state index in [0.717, 1.165) is 14.8 Å². The number of imidazole rings is 1. The van der Waals surface area contributed by atoms with Gasteiger partial charge in [-0.05, 0) is 52.9 Å². The maximum Gasteiger partial charge on any atom is 0.144 e. The fourth-order valence-corrected chi connectivity index (χ4v) is 2.79. The van der Waals surface area contributed by atoms with Crippen LogP contribution >= 0.6 is 45.8 Å². The van der Waals surface area contributed by atoms with Crippen molar-refractivity contribution >= 4 is 56.8 Å². The van der Waals surface area contributed by atoms with Gasteiger partial charge in [0.2, 0.25) is 0 Å². The van der Waals surface area contributed by atoms with Crippen molar-refractivity contribution in [2.45, 2.75) is 5.88 Å². The average Bonchev–Trinajstić information content (AvgIpc) is 2.78. The average molecular weight is 421 g/mol. The number of nitrogens with zero attached hydrogens (tertiary/aromatic N) is 2. The van der Waals surface area contributed by atoms with Crippen molar-refractivity contribution in [3.05, 3.63) is 56.6 Å². The lowest BCUT2D eigenvalue weighted by atomic mass is 10.2. The predicted molar refractivity (Wildman–Crippen MR) is 88.3 cm³/mol. The molecule has 3 rings (SSSR count). The van der Waals surface area contributed by atoms with Crippen molar-refractivity contribution in [2.24, 2.45) is 0 Å². The molecule has 6 heteroatoms. The van der Waals surface area contributed by atoms with Crippen LogP contribution in [0.15, 0.2) is 36.4 Å². The van der Waals surface area contributed by atoms with E-state index in [1.165, 1.54) is 6.07 Å². The third-order valence-electron chi connectivity index (χ3n) is 2.97. The summed E-state index contributed by atoms with van der Waals surface area (Å²) in [6.45, 7) is 0. The quantitative estimate of drug-likeness (QED) is 0.413. The molecule has 0 aliphatic rings. The summed E-state index contributed by atoms with van der Waals surface area (Å²) in [4.78, 5) is 4.36. The lowest BCUT2D eigenvalue weighted by Gasteiger charge is -2.08. The first kappa shape index (κ1) is 14.1. The summed E-state index contributed by atoms with van der Waals surface area (Å²) in [5.41, 5.74) is 2.21. The third kappa shape index (κ3) is 2.40. The molecule has 0 spiro atoms. The Morgan fingerprint density at radius 3 is 2.55 bits per heavy atom. The zero-order chi connectivity index (χ0) is 14.3. The molecule has 1 heterocycles. The van der Waals surface area contributed by atoms with Gasteiger partial charge in [-0.25, -0.2) is 9.37 Å². The van der Waals surface area contributed by atoms with Crippen LogP contribution in [-0.2, 0) is 5.88 Å². The summed E-state index contributed by atoms with van der Waals surface area (Å²) in [6.07, 6.45) is 0. The molecular weight excluding hydrogens is 413 g/mol. The van der Waals surface area contributed by atoms with Gasteiger partial charge in [0.05, 0.1) is 21.9 Å². The molecule has 2 nitrogen and oxygen atoms in total. The van der Waals surface area contributed by atoms with E-state index < -0.39 is 5.82 Å². The van der Waals surface area contributed by atoms with Gasteiger partial charge in [-0.15, -0.1) is 11.6 Å². The van der Waals surface area contributed by atoms with Crippen molar-refractivity contribution in [3.63, 3.8) is 0 Å². The summed E-state index contributed by atoms with van der Waals surface area (Å²) in [5, 5.41) is 0.0743. The maximum absolute atomic E-state index is 13.5. The first-order valence-electron chi connectivity index (χ1n) is 5.78. The Hall–Kier alpha value is -0.850. The molecule has 0 N–H and O–H groups in total. The molecule has 0 aliphatic carbocycles. The molecule has 0 saturated heterocycles. The van der Waals surface area contributed by atoms with Crippen LogP contribution in [0.5, 0.6) is 0 Å². The smallest absolute Gasteiger partial charge is 0.144 e. The minimum Gasteiger partial charge on any atom is -0.295 e. The van der Waals surface area contributed by atoms with E-state index in [4.69, 9.17) is 23.2 Å². The van der Waals surface area contributed by atoms with Crippen molar-refractivity contribution in [2.75, 3.05) is 0 Å². The monoisotopic (exact) mass is 420 g/mol. The van der Waals surface area contributed by atoms with E-state index in [0.29, 0.717) is 11.3 Å². The molecule has 0 atom stereocenters. The summed E-state index contributed by atoms with van der Waals surface area (Å²) in [6, 6.07) is 10.8. The van der Waals surface area contributed by atoms with Gasteiger partial charge in [-0.3, -0.25) is 4.57 Å². The number of halogens is 4. The highest BCUT2D eigenvalue weighted by atomic mass is 127. The number of rotatable bonds is 2. The topological polar surface area (TPSA) is 17.8 Å². The van der Waals surface area contributed by atoms with Gasteiger partial charge in [0.1, 0.15) is 11.6 Å². The Morgan fingerprint density at radius 2 is 1.90 bits per heavy atom. The first-order chi connectivity index (χ1) is 9.60. The summed E-state index contributed by atoms with van der Waals surface area (Å²) in [7, 11) is 0. The third-order valence-corrected chi connectivity index (χ3v) is 4.22. The molecule has 2 aromatic carbocycles. The number of benzene rings is 2. The molecule has 20 heavy (non-hydrogen) atoms. The second-order valence-electron chi connectivity index (χ2n) is 4.23. The van der Waals surface area contributed by atoms with Crippen molar-refractivity contribution in [1.82, 2.24) is 9.55 Å². The van der Waals surface area contributed by atoms with Crippen molar-refractivity contribution in [1.29, 1.82) is 0 Å². The van der Waals surface area contributed by atoms with Gasteiger partial charge in [-0.2, -0.15) is 0 Å². The van der Waals surface area contributed by atoms with Crippen LogP contribution in [0.4, 0.5) is 4.39 Å². The Labute approximate surface area is 138 Å². The van der Waals surface area contributed by atoms with Crippen LogP contribution in [0.1, 0.15) is 5.82 Å². The largest absolute Gasteiger partial charge is 0.295 e. The number of alkyl halides is 1. The van der Waals surface area contributed by atoms with E-state index in [-0.39, 0.29) is 10.9 Å². The fraction of sp³-hybridized carbons (Fsp3) is 0.0714. The van der Waals surface area contributed by atoms with Crippen LogP contribution in [0.2, 0.25) is 5.02 Å². The van der Waals surface area contributed by atoms with Crippen LogP contribution < -0.4 is 0 Å². The second kappa shape index (κ2) is 5.50. The molecule has 0 amide bonds. The van der Waals surface area contributed by atoms with Gasteiger partial charge < -0.3 is 0 Å². The van der Waals surface area contributed by atoms with E-state index in [1.54, 1.807) is 6.07 Å². The van der Waals surface area contributed by atoms with Crippen LogP contribution in [-0.4, -0.2) is 9.55 Å². The van der Waals surface area contributed by atoms with Gasteiger partial charge in [0, 0.05) is 15.3 Å². The Morgan fingerprint density at radius 1 is 1.20 bits per heavy atom. The van der Waals surface area contributed by atoms with E-state index >= 15 is 0 Å². The number of aromatic nitrogens is 2. The first-order valence-corrected chi connectivity index (χ1v) is 7.77. The predicted octanol–water partition coefficient (Wildman–Crippen LogP) is 5.16. The highest BCUT2D eigenvalue weighted by Crippen LogP contribution is 2.27. The minimum atomic E-state index is -0.479. The van der Waals surface area contributed by atoms with Crippen LogP contribution in [0.3, 0.4) is 0 Å². The van der Waals surface area contributed by atoms with E-state index in [9.17, 15) is 4.39 Å². The molecule has 3 aromatic rings. The Bertz CT molecular complexity index is 784. The van der Waals surface area contributed by atoms with Crippen LogP contribution in [0, 0.1) is 9.39 Å². The minimum absolute atomic E-state index is 0.0743. The van der Waals surface area contributed by atoms with Crippen molar-refractivity contribution < 1.29 is 4.39 Å². The molecule has 0 aliphatic heterocycles. The maximum atomic E-state index is 13.5. The second-order valence-corrected chi connectivity index (χ2v) is 6.15. The van der Waals surface area contributed by atoms with Gasteiger partial charge in [0.15, 0.2) is 0 Å². The standard InChI is InChI=1S/C14H8Cl2FIN2/c15-7-14-19-12-6-11(17)10(16)5-13(12)20(14)9-3-1-8(18)2-4-9/h1-6H,7H2. The van der Waals surface area contributed by atoms with Gasteiger partial charge >= 0.3 is 0 Å². The summed E-state index contributed by atoms with van der Waals surface area (Å²) in [5.74, 6) is 0.414. The molecule has 0 bridgehead atoms. The SMILES string of the molecule is Fc1cc2nc(CCl)n(-c3ccc(I)cc3)c2cc1Cl. The Balaban J connectivity index is 2.32. The Kier molecular flexibility index (Phi) is 3.88. The highest BCUT2D eigenvalue weighted by Gasteiger charge is 2.14. The molecule has 1 aromatic heterocycles. The van der Waals surface area contributed by atoms with E-state index in [1.807, 2.05) is 28.8 Å². The fourth-order valence-electron chi connectivity index (χ4n) is 2.09. The van der Waals surface area contributed by atoms with E-state index in [2.05, 4.69) is 27.6 Å². The molecule has 0 fully saturated rings. The molecular formula is C14H8Cl2FIN2. The number of fused-ring (bicyclic) bond motifs is 1. The number of hydrogen-bond acceptors (Lipinski definition) is 1. The molecule has 0 saturated carbocycles. The molecule has 0 unspecified atom stereocenters. The summed E-state index contributed by atoms with van der Waals surface area (Å²) >= 11 is 14.1. The lowest BCUT2D eigenvalue weighted by Crippen LogP contribution is -1.99. The lowest BCUT2D eigenvalue weighted by molar-refractivity contribution is 0.630. The van der Waals surface area contributed by atoms with Crippen molar-refractivity contribution in [3.8, 4) is 5.69 Å². The zero-order valence-electron chi connectivity index (χ0n) is 10.1. The van der Waals surface area contributed by atoms with Gasteiger partial charge in [-0.1, -0.05) is 11.6 Å².